The fourth-order valence-corrected chi connectivity index (χ4v) is 2.81. The van der Waals surface area contributed by atoms with E-state index in [2.05, 4.69) is 4.98 Å². The second kappa shape index (κ2) is 5.48. The summed E-state index contributed by atoms with van der Waals surface area (Å²) in [6, 6.07) is 8.44. The van der Waals surface area contributed by atoms with Crippen molar-refractivity contribution >= 4 is 45.8 Å². The molecule has 0 atom stereocenters. The predicted octanol–water partition coefficient (Wildman–Crippen LogP) is 5.52. The minimum Gasteiger partial charge on any atom is -0.294 e. The molecule has 2 aromatic carbocycles. The van der Waals surface area contributed by atoms with Crippen LogP contribution in [0.5, 0.6) is 0 Å². The molecule has 0 radical (unpaired) electrons. The fraction of sp³-hybridized carbons (Fsp3) is 0.133. The lowest BCUT2D eigenvalue weighted by molar-refractivity contribution is 0.629. The summed E-state index contributed by atoms with van der Waals surface area (Å²) in [5.74, 6) is 0.258. The van der Waals surface area contributed by atoms with E-state index in [1.807, 2.05) is 19.1 Å². The third kappa shape index (κ3) is 2.50. The van der Waals surface area contributed by atoms with Gasteiger partial charge in [-0.3, -0.25) is 4.57 Å². The number of rotatable bonds is 2. The van der Waals surface area contributed by atoms with Crippen LogP contribution in [0.4, 0.5) is 4.39 Å². The molecule has 0 saturated carbocycles. The zero-order chi connectivity index (χ0) is 15.1. The van der Waals surface area contributed by atoms with E-state index in [0.717, 1.165) is 11.3 Å². The Morgan fingerprint density at radius 1 is 1.14 bits per heavy atom. The number of alkyl halides is 1. The zero-order valence-corrected chi connectivity index (χ0v) is 13.3. The van der Waals surface area contributed by atoms with Crippen LogP contribution in [0.15, 0.2) is 30.3 Å². The van der Waals surface area contributed by atoms with E-state index in [4.69, 9.17) is 34.8 Å². The molecule has 0 fully saturated rings. The Balaban J connectivity index is 2.40. The Kier molecular flexibility index (Phi) is 3.82. The number of aryl methyl sites for hydroxylation is 1. The van der Waals surface area contributed by atoms with Crippen molar-refractivity contribution in [3.05, 3.63) is 57.6 Å². The highest BCUT2D eigenvalue weighted by atomic mass is 35.5. The van der Waals surface area contributed by atoms with Gasteiger partial charge in [0.1, 0.15) is 11.6 Å². The van der Waals surface area contributed by atoms with E-state index in [1.54, 1.807) is 10.6 Å². The number of hydrogen-bond donors (Lipinski definition) is 0. The molecular weight excluding hydrogens is 334 g/mol. The second-order valence-corrected chi connectivity index (χ2v) is 5.79. The molecule has 0 aliphatic heterocycles. The van der Waals surface area contributed by atoms with E-state index >= 15 is 0 Å². The largest absolute Gasteiger partial charge is 0.294 e. The van der Waals surface area contributed by atoms with E-state index < -0.39 is 5.82 Å². The molecule has 3 rings (SSSR count). The van der Waals surface area contributed by atoms with Gasteiger partial charge in [-0.1, -0.05) is 29.3 Å². The van der Waals surface area contributed by atoms with Crippen molar-refractivity contribution in [1.82, 2.24) is 9.55 Å². The molecular formula is C15H10Cl3FN2. The lowest BCUT2D eigenvalue weighted by Gasteiger charge is -2.11. The standard InChI is InChI=1S/C15H10Cl3FN2/c1-8-2-3-9(17)13(4-8)21-14-6-11(19)10(18)5-12(14)20-15(21)7-16/h2-6H,7H2,1H3. The molecule has 2 nitrogen and oxygen atoms in total. The van der Waals surface area contributed by atoms with Crippen molar-refractivity contribution in [3.63, 3.8) is 0 Å². The van der Waals surface area contributed by atoms with Gasteiger partial charge >= 0.3 is 0 Å². The van der Waals surface area contributed by atoms with E-state index in [0.29, 0.717) is 21.9 Å². The predicted molar refractivity (Wildman–Crippen MR) is 85.3 cm³/mol. The van der Waals surface area contributed by atoms with E-state index in [1.165, 1.54) is 12.1 Å². The van der Waals surface area contributed by atoms with Crippen LogP contribution in [-0.4, -0.2) is 9.55 Å². The van der Waals surface area contributed by atoms with Crippen molar-refractivity contribution < 1.29 is 4.39 Å². The summed E-state index contributed by atoms with van der Waals surface area (Å²) in [6.45, 7) is 1.96. The third-order valence-electron chi connectivity index (χ3n) is 3.23. The Morgan fingerprint density at radius 2 is 1.90 bits per heavy atom. The Bertz CT molecular complexity index is 843. The fourth-order valence-electron chi connectivity index (χ4n) is 2.28. The number of aromatic nitrogens is 2. The lowest BCUT2D eigenvalue weighted by atomic mass is 10.2. The van der Waals surface area contributed by atoms with Gasteiger partial charge in [-0.15, -0.1) is 11.6 Å². The number of halogens is 4. The van der Waals surface area contributed by atoms with Gasteiger partial charge in [-0.05, 0) is 30.7 Å². The van der Waals surface area contributed by atoms with Crippen LogP contribution in [0.3, 0.4) is 0 Å². The Morgan fingerprint density at radius 3 is 2.62 bits per heavy atom. The van der Waals surface area contributed by atoms with Crippen LogP contribution in [0.1, 0.15) is 11.4 Å². The number of hydrogen-bond acceptors (Lipinski definition) is 1. The quantitative estimate of drug-likeness (QED) is 0.560. The molecule has 108 valence electrons. The van der Waals surface area contributed by atoms with Gasteiger partial charge in [-0.2, -0.15) is 0 Å². The highest BCUT2D eigenvalue weighted by Crippen LogP contribution is 2.30. The van der Waals surface area contributed by atoms with Gasteiger partial charge in [0, 0.05) is 6.07 Å². The van der Waals surface area contributed by atoms with Crippen molar-refractivity contribution in [2.45, 2.75) is 12.8 Å². The van der Waals surface area contributed by atoms with Gasteiger partial charge in [0.15, 0.2) is 0 Å². The first-order valence-corrected chi connectivity index (χ1v) is 7.49. The molecule has 0 saturated heterocycles. The number of benzene rings is 2. The lowest BCUT2D eigenvalue weighted by Crippen LogP contribution is -2.01. The minimum absolute atomic E-state index is 0.0311. The normalized spacial score (nSPS) is 11.3. The number of nitrogens with zero attached hydrogens (tertiary/aromatic N) is 2. The monoisotopic (exact) mass is 342 g/mol. The van der Waals surface area contributed by atoms with Gasteiger partial charge < -0.3 is 0 Å². The van der Waals surface area contributed by atoms with E-state index in [-0.39, 0.29) is 10.9 Å². The Hall–Kier alpha value is -1.29. The molecule has 0 aliphatic rings. The van der Waals surface area contributed by atoms with Crippen LogP contribution >= 0.6 is 34.8 Å². The molecule has 21 heavy (non-hydrogen) atoms. The van der Waals surface area contributed by atoms with Crippen molar-refractivity contribution in [2.75, 3.05) is 0 Å². The molecule has 0 N–H and O–H groups in total. The van der Waals surface area contributed by atoms with Crippen LogP contribution in [0.25, 0.3) is 16.7 Å². The number of imidazole rings is 1. The summed E-state index contributed by atoms with van der Waals surface area (Å²) in [4.78, 5) is 4.40. The first-order chi connectivity index (χ1) is 10.0. The highest BCUT2D eigenvalue weighted by molar-refractivity contribution is 6.32. The topological polar surface area (TPSA) is 17.8 Å². The molecule has 0 bridgehead atoms. The van der Waals surface area contributed by atoms with Gasteiger partial charge in [0.2, 0.25) is 0 Å². The summed E-state index contributed by atoms with van der Waals surface area (Å²) in [7, 11) is 0. The van der Waals surface area contributed by atoms with Crippen LogP contribution < -0.4 is 0 Å². The SMILES string of the molecule is Cc1ccc(Cl)c(-n2c(CCl)nc3cc(Cl)c(F)cc32)c1. The molecule has 0 spiro atoms. The second-order valence-electron chi connectivity index (χ2n) is 4.71. The maximum Gasteiger partial charge on any atom is 0.144 e. The molecule has 0 aliphatic carbocycles. The summed E-state index contributed by atoms with van der Waals surface area (Å²) in [6.07, 6.45) is 0. The summed E-state index contributed by atoms with van der Waals surface area (Å²) in [5.41, 5.74) is 2.91. The third-order valence-corrected chi connectivity index (χ3v) is 4.08. The number of fused-ring (bicyclic) bond motifs is 1. The zero-order valence-electron chi connectivity index (χ0n) is 11.0. The van der Waals surface area contributed by atoms with Crippen LogP contribution in [0.2, 0.25) is 10.0 Å². The Labute approximate surface area is 136 Å². The molecule has 1 aromatic heterocycles. The van der Waals surface area contributed by atoms with Gasteiger partial charge in [0.05, 0.1) is 32.6 Å². The molecule has 3 aromatic rings. The maximum atomic E-state index is 13.8. The molecule has 0 unspecified atom stereocenters. The molecule has 1 heterocycles. The summed E-state index contributed by atoms with van der Waals surface area (Å²) >= 11 is 18.1. The first kappa shape index (κ1) is 14.6. The van der Waals surface area contributed by atoms with Crippen LogP contribution in [0, 0.1) is 12.7 Å². The average Bonchev–Trinajstić information content (AvgIpc) is 2.79. The summed E-state index contributed by atoms with van der Waals surface area (Å²) < 4.78 is 15.6. The first-order valence-electron chi connectivity index (χ1n) is 6.20. The molecule has 6 heteroatoms. The minimum atomic E-state index is -0.504. The summed E-state index contributed by atoms with van der Waals surface area (Å²) in [5, 5.41) is 0.574. The molecule has 0 amide bonds. The van der Waals surface area contributed by atoms with E-state index in [9.17, 15) is 4.39 Å². The maximum absolute atomic E-state index is 13.8. The highest BCUT2D eigenvalue weighted by Gasteiger charge is 2.16. The van der Waals surface area contributed by atoms with Gasteiger partial charge in [-0.25, -0.2) is 9.37 Å². The average molecular weight is 344 g/mol. The van der Waals surface area contributed by atoms with Crippen molar-refractivity contribution in [2.24, 2.45) is 0 Å². The van der Waals surface area contributed by atoms with Crippen LogP contribution in [-0.2, 0) is 5.88 Å². The van der Waals surface area contributed by atoms with Gasteiger partial charge in [0.25, 0.3) is 0 Å². The smallest absolute Gasteiger partial charge is 0.144 e. The van der Waals surface area contributed by atoms with Crippen molar-refractivity contribution in [3.8, 4) is 5.69 Å². The van der Waals surface area contributed by atoms with Crippen molar-refractivity contribution in [1.29, 1.82) is 0 Å².